The minimum Gasteiger partial charge on any atom is -0.480 e. The molecule has 15 nitrogen and oxygen atoms in total. The van der Waals surface area contributed by atoms with E-state index in [9.17, 15) is 9.59 Å². The van der Waals surface area contributed by atoms with Gasteiger partial charge < -0.3 is 33.4 Å². The predicted molar refractivity (Wildman–Crippen MR) is 193 cm³/mol. The molecule has 0 radical (unpaired) electrons. The monoisotopic (exact) mass is 662 g/mol. The smallest absolute Gasteiger partial charge is 0.322 e. The number of amidine groups is 4. The van der Waals surface area contributed by atoms with Crippen molar-refractivity contribution in [2.75, 3.05) is 12.0 Å². The molecule has 0 aliphatic heterocycles. The molecule has 0 spiro atoms. The molecule has 1 amide bonds. The fraction of sp³-hybridized carbons (Fsp3) is 0.0588. The summed E-state index contributed by atoms with van der Waals surface area (Å²) >= 11 is 0. The highest BCUT2D eigenvalue weighted by atomic mass is 16.4. The predicted octanol–water partition coefficient (Wildman–Crippen LogP) is 4.00. The normalized spacial score (nSPS) is 10.1. The molecule has 0 saturated carbocycles. The van der Waals surface area contributed by atoms with E-state index >= 15 is 0 Å². The van der Waals surface area contributed by atoms with Crippen LogP contribution in [0.4, 0.5) is 11.4 Å². The third-order valence-corrected chi connectivity index (χ3v) is 6.12. The summed E-state index contributed by atoms with van der Waals surface area (Å²) in [4.78, 5) is 19.7. The molecule has 15 N–H and O–H groups in total. The van der Waals surface area contributed by atoms with Crippen LogP contribution in [0, 0.1) is 21.6 Å². The number of nitrogens with one attached hydrogen (secondary N) is 6. The fourth-order valence-electron chi connectivity index (χ4n) is 3.51. The van der Waals surface area contributed by atoms with Crippen molar-refractivity contribution < 1.29 is 14.7 Å². The Labute approximate surface area is 282 Å². The number of benzene rings is 4. The Hall–Kier alpha value is -7.16. The van der Waals surface area contributed by atoms with Gasteiger partial charge in [0.15, 0.2) is 0 Å². The van der Waals surface area contributed by atoms with Gasteiger partial charge in [-0.1, -0.05) is 65.9 Å². The Morgan fingerprint density at radius 3 is 1.29 bits per heavy atom. The number of nitrogens with zero attached hydrogens (tertiary/aromatic N) is 2. The van der Waals surface area contributed by atoms with Gasteiger partial charge in [-0.15, -0.1) is 5.11 Å². The first-order valence-electron chi connectivity index (χ1n) is 14.3. The number of carbonyl (C=O) groups is 2. The van der Waals surface area contributed by atoms with Crippen LogP contribution in [0.1, 0.15) is 40.3 Å². The zero-order valence-electron chi connectivity index (χ0n) is 26.6. The maximum Gasteiger partial charge on any atom is 0.322 e. The average molecular weight is 663 g/mol. The first kappa shape index (κ1) is 38.0. The van der Waals surface area contributed by atoms with Crippen LogP contribution in [0.5, 0.6) is 0 Å². The molecule has 0 aliphatic carbocycles. The van der Waals surface area contributed by atoms with E-state index in [0.29, 0.717) is 27.9 Å². The van der Waals surface area contributed by atoms with Crippen molar-refractivity contribution in [3.63, 3.8) is 0 Å². The lowest BCUT2D eigenvalue weighted by Gasteiger charge is -2.01. The highest BCUT2D eigenvalue weighted by molar-refractivity contribution is 5.96. The van der Waals surface area contributed by atoms with E-state index in [0.717, 1.165) is 16.8 Å². The number of hydrogen-bond donors (Lipinski definition) is 11. The van der Waals surface area contributed by atoms with Crippen LogP contribution in [0.2, 0.25) is 0 Å². The van der Waals surface area contributed by atoms with Crippen molar-refractivity contribution in [2.45, 2.75) is 6.92 Å². The zero-order valence-corrected chi connectivity index (χ0v) is 26.6. The van der Waals surface area contributed by atoms with Gasteiger partial charge in [0.25, 0.3) is 0 Å². The third kappa shape index (κ3) is 14.7. The van der Waals surface area contributed by atoms with Gasteiger partial charge in [0.05, 0.1) is 11.4 Å². The summed E-state index contributed by atoms with van der Waals surface area (Å²) in [5, 5.41) is 47.2. The average Bonchev–Trinajstić information content (AvgIpc) is 3.08. The highest BCUT2D eigenvalue weighted by Crippen LogP contribution is 2.15. The quantitative estimate of drug-likeness (QED) is 0.0366. The zero-order chi connectivity index (χ0) is 36.3. The first-order valence-corrected chi connectivity index (χ1v) is 14.3. The lowest BCUT2D eigenvalue weighted by atomic mass is 10.1. The molecule has 0 fully saturated rings. The Bertz CT molecular complexity index is 1740. The molecule has 0 heterocycles. The number of carboxylic acids is 1. The van der Waals surface area contributed by atoms with E-state index in [-0.39, 0.29) is 35.8 Å². The van der Waals surface area contributed by atoms with Crippen LogP contribution in [-0.4, -0.2) is 46.9 Å². The van der Waals surface area contributed by atoms with E-state index in [1.165, 1.54) is 6.92 Å². The summed E-state index contributed by atoms with van der Waals surface area (Å²) in [6.07, 6.45) is 3.96. The Morgan fingerprint density at radius 2 is 0.980 bits per heavy atom. The van der Waals surface area contributed by atoms with Crippen molar-refractivity contribution in [3.8, 4) is 0 Å². The Balaban J connectivity index is 0.000000280. The van der Waals surface area contributed by atoms with Gasteiger partial charge in [0, 0.05) is 29.2 Å². The molecule has 4 aromatic carbocycles. The molecule has 0 atom stereocenters. The summed E-state index contributed by atoms with van der Waals surface area (Å²) in [6, 6.07) is 28.8. The standard InChI is InChI=1S/C16H16N4.C14H15N7.C4H7NO3/c17-15(18)13-7-3-11(4-8-13)1-2-12-5-9-14(10-6-12)16(19)20;15-13(16)9-1-5-11(6-2-9)19-21-20-12-7-3-10(4-8-12)14(17)18;1-3(6)5-2-4(7)8/h1-10H,(H3,17,18)(H3,19,20);1-8H,(H3,15,16)(H3,17,18)(H,19,20);2H2,1H3,(H,5,6)(H,7,8)/b2-1+;;. The molecule has 15 heteroatoms. The van der Waals surface area contributed by atoms with Crippen LogP contribution >= 0.6 is 0 Å². The minimum atomic E-state index is -1.03. The van der Waals surface area contributed by atoms with Crippen molar-refractivity contribution in [1.82, 2.24) is 5.32 Å². The molecule has 4 aromatic rings. The maximum atomic E-state index is 9.97. The summed E-state index contributed by atoms with van der Waals surface area (Å²) in [6.45, 7) is 0.971. The molecule has 0 aliphatic rings. The Kier molecular flexibility index (Phi) is 15.0. The van der Waals surface area contributed by atoms with Gasteiger partial charge in [-0.05, 0) is 59.7 Å². The third-order valence-electron chi connectivity index (χ3n) is 6.12. The molecule has 0 aromatic heterocycles. The molecule has 0 unspecified atom stereocenters. The minimum absolute atomic E-state index is 0.0159. The van der Waals surface area contributed by atoms with E-state index in [4.69, 9.17) is 49.7 Å². The number of amides is 1. The number of carboxylic acid groups (broad SMARTS) is 1. The number of hydrogen-bond acceptors (Lipinski definition) is 8. The number of carbonyl (C=O) groups excluding carboxylic acids is 1. The molecular weight excluding hydrogens is 624 g/mol. The van der Waals surface area contributed by atoms with Crippen molar-refractivity contribution in [2.24, 2.45) is 33.3 Å². The number of anilines is 1. The lowest BCUT2D eigenvalue weighted by molar-refractivity contribution is -0.137. The second kappa shape index (κ2) is 19.4. The molecular formula is C34H38N12O3. The van der Waals surface area contributed by atoms with E-state index in [1.54, 1.807) is 48.5 Å². The molecule has 4 rings (SSSR count). The van der Waals surface area contributed by atoms with Gasteiger partial charge in [-0.2, -0.15) is 0 Å². The number of rotatable bonds is 11. The van der Waals surface area contributed by atoms with E-state index < -0.39 is 5.97 Å². The van der Waals surface area contributed by atoms with Gasteiger partial charge in [0.2, 0.25) is 5.91 Å². The van der Waals surface area contributed by atoms with Crippen LogP contribution in [0.25, 0.3) is 12.2 Å². The number of nitrogen functional groups attached to an aromatic ring is 4. The number of aliphatic carboxylic acids is 1. The summed E-state index contributed by atoms with van der Waals surface area (Å²) < 4.78 is 0. The maximum absolute atomic E-state index is 9.97. The lowest BCUT2D eigenvalue weighted by Crippen LogP contribution is -2.26. The molecule has 0 bridgehead atoms. The topological polar surface area (TPSA) is 303 Å². The molecule has 49 heavy (non-hydrogen) atoms. The summed E-state index contributed by atoms with van der Waals surface area (Å²) in [5.41, 5.74) is 30.5. The first-order chi connectivity index (χ1) is 23.2. The van der Waals surface area contributed by atoms with Crippen molar-refractivity contribution >= 4 is 58.7 Å². The second-order valence-corrected chi connectivity index (χ2v) is 9.97. The van der Waals surface area contributed by atoms with E-state index in [2.05, 4.69) is 21.1 Å². The van der Waals surface area contributed by atoms with Crippen LogP contribution in [0.3, 0.4) is 0 Å². The number of nitrogens with two attached hydrogens (primary N) is 4. The fourth-order valence-corrected chi connectivity index (χ4v) is 3.51. The van der Waals surface area contributed by atoms with Gasteiger partial charge in [-0.25, -0.2) is 0 Å². The molecule has 0 saturated heterocycles. The van der Waals surface area contributed by atoms with Crippen LogP contribution in [0.15, 0.2) is 107 Å². The highest BCUT2D eigenvalue weighted by Gasteiger charge is 1.99. The second-order valence-electron chi connectivity index (χ2n) is 9.97. The van der Waals surface area contributed by atoms with Gasteiger partial charge >= 0.3 is 5.97 Å². The van der Waals surface area contributed by atoms with Gasteiger partial charge in [-0.3, -0.25) is 36.7 Å². The van der Waals surface area contributed by atoms with Crippen LogP contribution in [-0.2, 0) is 9.59 Å². The van der Waals surface area contributed by atoms with Crippen molar-refractivity contribution in [1.29, 1.82) is 21.6 Å². The van der Waals surface area contributed by atoms with E-state index in [1.807, 2.05) is 60.7 Å². The molecule has 252 valence electrons. The SMILES string of the molecule is CC(=O)NCC(=O)O.N=C(N)c1ccc(/C=C/c2ccc(C(=N)N)cc2)cc1.N=C(N)c1ccc(N=NNc2ccc(C(=N)N)cc2)cc1. The van der Waals surface area contributed by atoms with Crippen molar-refractivity contribution in [3.05, 3.63) is 130 Å². The summed E-state index contributed by atoms with van der Waals surface area (Å²) in [5.74, 6) is -1.18. The Morgan fingerprint density at radius 1 is 0.633 bits per heavy atom. The van der Waals surface area contributed by atoms with Crippen LogP contribution < -0.4 is 33.7 Å². The largest absolute Gasteiger partial charge is 0.480 e. The van der Waals surface area contributed by atoms with Gasteiger partial charge in [0.1, 0.15) is 29.9 Å². The summed E-state index contributed by atoms with van der Waals surface area (Å²) in [7, 11) is 0.